The number of hydrogen-bond acceptors (Lipinski definition) is 5. The standard InChI is InChI=1S/C22H29FN2O4S.ClH/c1-24(2)14-19-15-25(30(27,28)16-17-7-4-5-10-21(17)23)12-11-22(19,26)18-8-6-9-20(13-18)29-3;/h4-10,13,19,26H,11-12,14-16H2,1-3H3;1H. The van der Waals surface area contributed by atoms with Crippen molar-refractivity contribution in [2.75, 3.05) is 40.8 Å². The second-order valence-electron chi connectivity index (χ2n) is 8.07. The fourth-order valence-electron chi connectivity index (χ4n) is 4.07. The largest absolute Gasteiger partial charge is 0.497 e. The number of benzene rings is 2. The van der Waals surface area contributed by atoms with E-state index in [9.17, 15) is 17.9 Å². The Kier molecular flexibility index (Phi) is 8.47. The van der Waals surface area contributed by atoms with Gasteiger partial charge < -0.3 is 14.7 Å². The summed E-state index contributed by atoms with van der Waals surface area (Å²) in [4.78, 5) is 1.93. The topological polar surface area (TPSA) is 70.1 Å². The van der Waals surface area contributed by atoms with Crippen LogP contribution in [-0.4, -0.2) is 63.6 Å². The maximum Gasteiger partial charge on any atom is 0.218 e. The molecular weight excluding hydrogens is 443 g/mol. The number of aliphatic hydroxyl groups is 1. The molecule has 0 bridgehead atoms. The summed E-state index contributed by atoms with van der Waals surface area (Å²) in [7, 11) is 1.61. The maximum absolute atomic E-state index is 14.0. The van der Waals surface area contributed by atoms with Crippen molar-refractivity contribution < 1.29 is 22.7 Å². The normalized spacial score (nSPS) is 22.2. The molecular formula is C22H30ClFN2O4S. The molecule has 0 spiro atoms. The highest BCUT2D eigenvalue weighted by Crippen LogP contribution is 2.40. The third-order valence-electron chi connectivity index (χ3n) is 5.69. The van der Waals surface area contributed by atoms with Crippen LogP contribution in [-0.2, 0) is 21.4 Å². The molecule has 2 aromatic rings. The predicted octanol–water partition coefficient (Wildman–Crippen LogP) is 2.86. The lowest BCUT2D eigenvalue weighted by atomic mass is 9.76. The summed E-state index contributed by atoms with van der Waals surface area (Å²) in [6.45, 7) is 0.816. The second kappa shape index (κ2) is 10.3. The van der Waals surface area contributed by atoms with E-state index in [1.54, 1.807) is 19.2 Å². The molecule has 0 saturated carbocycles. The molecule has 1 aliphatic rings. The molecule has 0 aliphatic carbocycles. The van der Waals surface area contributed by atoms with Crippen molar-refractivity contribution >= 4 is 22.4 Å². The predicted molar refractivity (Wildman–Crippen MR) is 121 cm³/mol. The average molecular weight is 473 g/mol. The van der Waals surface area contributed by atoms with E-state index < -0.39 is 27.2 Å². The smallest absolute Gasteiger partial charge is 0.218 e. The van der Waals surface area contributed by atoms with Crippen LogP contribution in [0.4, 0.5) is 4.39 Å². The molecule has 1 aliphatic heterocycles. The first-order valence-corrected chi connectivity index (χ1v) is 11.5. The molecule has 1 N–H and O–H groups in total. The minimum atomic E-state index is -3.73. The third kappa shape index (κ3) is 5.75. The Morgan fingerprint density at radius 3 is 2.58 bits per heavy atom. The Bertz CT molecular complexity index is 989. The molecule has 2 atom stereocenters. The minimum Gasteiger partial charge on any atom is -0.497 e. The van der Waals surface area contributed by atoms with E-state index >= 15 is 0 Å². The van der Waals surface area contributed by atoms with Gasteiger partial charge in [-0.15, -0.1) is 12.4 Å². The SMILES string of the molecule is COc1cccc(C2(O)CCN(S(=O)(=O)Cc3ccccc3F)CC2CN(C)C)c1.Cl. The fourth-order valence-corrected chi connectivity index (χ4v) is 5.65. The quantitative estimate of drug-likeness (QED) is 0.671. The summed E-state index contributed by atoms with van der Waals surface area (Å²) in [6.07, 6.45) is 0.245. The molecule has 1 saturated heterocycles. The lowest BCUT2D eigenvalue weighted by Gasteiger charge is -2.45. The van der Waals surface area contributed by atoms with Gasteiger partial charge in [-0.05, 0) is 44.3 Å². The van der Waals surface area contributed by atoms with E-state index in [4.69, 9.17) is 4.74 Å². The molecule has 0 aromatic heterocycles. The molecule has 1 fully saturated rings. The highest BCUT2D eigenvalue weighted by Gasteiger charge is 2.45. The summed E-state index contributed by atoms with van der Waals surface area (Å²) in [5, 5.41) is 11.6. The highest BCUT2D eigenvalue weighted by molar-refractivity contribution is 7.88. The zero-order valence-electron chi connectivity index (χ0n) is 18.0. The van der Waals surface area contributed by atoms with Crippen LogP contribution in [0.15, 0.2) is 48.5 Å². The van der Waals surface area contributed by atoms with Crippen molar-refractivity contribution in [1.82, 2.24) is 9.21 Å². The Hall–Kier alpha value is -1.71. The summed E-state index contributed by atoms with van der Waals surface area (Å²) < 4.78 is 46.7. The van der Waals surface area contributed by atoms with Crippen molar-refractivity contribution in [1.29, 1.82) is 0 Å². The van der Waals surface area contributed by atoms with Crippen molar-refractivity contribution in [3.8, 4) is 5.75 Å². The van der Waals surface area contributed by atoms with Gasteiger partial charge in [-0.1, -0.05) is 30.3 Å². The number of hydrogen-bond donors (Lipinski definition) is 1. The second-order valence-corrected chi connectivity index (χ2v) is 10.0. The van der Waals surface area contributed by atoms with Gasteiger partial charge in [0.05, 0.1) is 18.5 Å². The minimum absolute atomic E-state index is 0. The Morgan fingerprint density at radius 1 is 1.23 bits per heavy atom. The molecule has 2 unspecified atom stereocenters. The first-order chi connectivity index (χ1) is 14.2. The fraction of sp³-hybridized carbons (Fsp3) is 0.455. The molecule has 9 heteroatoms. The number of sulfonamides is 1. The summed E-state index contributed by atoms with van der Waals surface area (Å²) >= 11 is 0. The van der Waals surface area contributed by atoms with Crippen LogP contribution >= 0.6 is 12.4 Å². The number of ether oxygens (including phenoxy) is 1. The summed E-state index contributed by atoms with van der Waals surface area (Å²) in [6, 6.07) is 13.2. The van der Waals surface area contributed by atoms with Crippen molar-refractivity contribution in [3.05, 3.63) is 65.5 Å². The van der Waals surface area contributed by atoms with Crippen LogP contribution in [0.5, 0.6) is 5.75 Å². The summed E-state index contributed by atoms with van der Waals surface area (Å²) in [5.74, 6) is -0.648. The van der Waals surface area contributed by atoms with Crippen molar-refractivity contribution in [3.63, 3.8) is 0 Å². The van der Waals surface area contributed by atoms with Gasteiger partial charge in [0.25, 0.3) is 0 Å². The number of piperidine rings is 1. The van der Waals surface area contributed by atoms with Crippen molar-refractivity contribution in [2.24, 2.45) is 5.92 Å². The zero-order valence-corrected chi connectivity index (χ0v) is 19.6. The number of nitrogens with zero attached hydrogens (tertiary/aromatic N) is 2. The first kappa shape index (κ1) is 25.5. The monoisotopic (exact) mass is 472 g/mol. The Balaban J connectivity index is 0.00000341. The van der Waals surface area contributed by atoms with E-state index in [0.717, 1.165) is 0 Å². The van der Waals surface area contributed by atoms with E-state index in [1.807, 2.05) is 37.2 Å². The van der Waals surface area contributed by atoms with Gasteiger partial charge in [0, 0.05) is 31.1 Å². The highest BCUT2D eigenvalue weighted by atomic mass is 35.5. The molecule has 172 valence electrons. The molecule has 31 heavy (non-hydrogen) atoms. The van der Waals surface area contributed by atoms with Crippen LogP contribution in [0, 0.1) is 11.7 Å². The van der Waals surface area contributed by atoms with E-state index in [2.05, 4.69) is 0 Å². The molecule has 3 rings (SSSR count). The molecule has 6 nitrogen and oxygen atoms in total. The van der Waals surface area contributed by atoms with Gasteiger partial charge >= 0.3 is 0 Å². The van der Waals surface area contributed by atoms with Gasteiger partial charge in [-0.3, -0.25) is 0 Å². The van der Waals surface area contributed by atoms with Crippen LogP contribution in [0.25, 0.3) is 0 Å². The molecule has 2 aromatic carbocycles. The van der Waals surface area contributed by atoms with Gasteiger partial charge in [0.1, 0.15) is 11.6 Å². The maximum atomic E-state index is 14.0. The molecule has 0 amide bonds. The van der Waals surface area contributed by atoms with Crippen molar-refractivity contribution in [2.45, 2.75) is 17.8 Å². The van der Waals surface area contributed by atoms with Crippen LogP contribution < -0.4 is 4.74 Å². The first-order valence-electron chi connectivity index (χ1n) is 9.88. The van der Waals surface area contributed by atoms with Gasteiger partial charge in [-0.2, -0.15) is 0 Å². The number of halogens is 2. The molecule has 0 radical (unpaired) electrons. The lowest BCUT2D eigenvalue weighted by molar-refractivity contribution is -0.0698. The van der Waals surface area contributed by atoms with E-state index in [1.165, 1.54) is 22.5 Å². The average Bonchev–Trinajstić information content (AvgIpc) is 2.71. The van der Waals surface area contributed by atoms with E-state index in [0.29, 0.717) is 17.9 Å². The van der Waals surface area contributed by atoms with Crippen LogP contribution in [0.3, 0.4) is 0 Å². The van der Waals surface area contributed by atoms with Crippen LogP contribution in [0.2, 0.25) is 0 Å². The Labute approximate surface area is 190 Å². The summed E-state index contributed by atoms with van der Waals surface area (Å²) in [5.41, 5.74) is -0.335. The van der Waals surface area contributed by atoms with Gasteiger partial charge in [-0.25, -0.2) is 17.1 Å². The lowest BCUT2D eigenvalue weighted by Crippen LogP contribution is -2.54. The van der Waals surface area contributed by atoms with Crippen LogP contribution in [0.1, 0.15) is 17.5 Å². The van der Waals surface area contributed by atoms with Gasteiger partial charge in [0.15, 0.2) is 0 Å². The Morgan fingerprint density at radius 2 is 1.94 bits per heavy atom. The third-order valence-corrected chi connectivity index (χ3v) is 7.48. The molecule has 1 heterocycles. The number of rotatable bonds is 7. The zero-order chi connectivity index (χ0) is 21.9. The number of methoxy groups -OCH3 is 1. The van der Waals surface area contributed by atoms with Gasteiger partial charge in [0.2, 0.25) is 10.0 Å². The van der Waals surface area contributed by atoms with E-state index in [-0.39, 0.29) is 43.4 Å².